The summed E-state index contributed by atoms with van der Waals surface area (Å²) in [6.07, 6.45) is 5.42. The summed E-state index contributed by atoms with van der Waals surface area (Å²) >= 11 is 3.28. The molecule has 3 aromatic heterocycles. The van der Waals surface area contributed by atoms with Crippen LogP contribution in [0.1, 0.15) is 35.3 Å². The van der Waals surface area contributed by atoms with Crippen molar-refractivity contribution in [2.24, 2.45) is 0 Å². The first kappa shape index (κ1) is 23.8. The lowest BCUT2D eigenvalue weighted by Gasteiger charge is -2.35. The van der Waals surface area contributed by atoms with Crippen molar-refractivity contribution in [1.82, 2.24) is 19.5 Å². The van der Waals surface area contributed by atoms with Crippen molar-refractivity contribution in [2.75, 3.05) is 49.2 Å². The number of nitrogens with two attached hydrogens (primary N) is 1. The van der Waals surface area contributed by atoms with Crippen LogP contribution in [0.4, 0.5) is 5.82 Å². The fourth-order valence-corrected chi connectivity index (χ4v) is 7.59. The van der Waals surface area contributed by atoms with E-state index >= 15 is 0 Å². The highest BCUT2D eigenvalue weighted by atomic mass is 32.2. The number of aromatic nitrogens is 3. The third-order valence-electron chi connectivity index (χ3n) is 7.44. The highest BCUT2D eigenvalue weighted by molar-refractivity contribution is 7.99. The standard InChI is InChI=1S/C27H32N6OS2/c1-18-17-23(29-21-9-4-2-7-19(18)21)32-14-12-31(13-15-32)11-6-16-35-27-30-25-24(26(34)33(27)28)20-8-3-5-10-22(20)36-25/h2,4,7,9,17H,3,5-6,8,10-16,28H2,1H3. The first-order valence-corrected chi connectivity index (χ1v) is 14.7. The molecule has 1 saturated heterocycles. The quantitative estimate of drug-likeness (QED) is 0.177. The second-order valence-corrected chi connectivity index (χ2v) is 12.0. The lowest BCUT2D eigenvalue weighted by molar-refractivity contribution is 0.258. The zero-order chi connectivity index (χ0) is 24.6. The molecule has 1 aliphatic carbocycles. The van der Waals surface area contributed by atoms with Crippen LogP contribution in [-0.4, -0.2) is 58.0 Å². The van der Waals surface area contributed by atoms with Gasteiger partial charge in [-0.2, -0.15) is 0 Å². The summed E-state index contributed by atoms with van der Waals surface area (Å²) in [5.41, 5.74) is 3.46. The van der Waals surface area contributed by atoms with E-state index < -0.39 is 0 Å². The third-order valence-corrected chi connectivity index (χ3v) is 9.67. The first-order valence-electron chi connectivity index (χ1n) is 12.9. The van der Waals surface area contributed by atoms with E-state index in [1.165, 1.54) is 32.5 Å². The van der Waals surface area contributed by atoms with Gasteiger partial charge in [-0.25, -0.2) is 14.6 Å². The van der Waals surface area contributed by atoms with Gasteiger partial charge in [0.15, 0.2) is 5.16 Å². The van der Waals surface area contributed by atoms with Crippen LogP contribution in [0.2, 0.25) is 0 Å². The van der Waals surface area contributed by atoms with Crippen LogP contribution >= 0.6 is 23.1 Å². The Hall–Kier alpha value is -2.62. The Morgan fingerprint density at radius 2 is 1.89 bits per heavy atom. The summed E-state index contributed by atoms with van der Waals surface area (Å²) in [5.74, 6) is 8.16. The molecule has 4 heterocycles. The van der Waals surface area contributed by atoms with E-state index in [0.29, 0.717) is 5.16 Å². The topological polar surface area (TPSA) is 80.3 Å². The van der Waals surface area contributed by atoms with Crippen molar-refractivity contribution >= 4 is 50.0 Å². The fourth-order valence-electron chi connectivity index (χ4n) is 5.45. The Balaban J connectivity index is 1.03. The molecule has 1 aliphatic heterocycles. The number of hydrogen-bond acceptors (Lipinski definition) is 8. The van der Waals surface area contributed by atoms with E-state index in [1.807, 2.05) is 0 Å². The molecule has 2 aliphatic rings. The number of thiophene rings is 1. The summed E-state index contributed by atoms with van der Waals surface area (Å²) in [4.78, 5) is 29.8. The number of hydrogen-bond donors (Lipinski definition) is 1. The molecule has 1 fully saturated rings. The summed E-state index contributed by atoms with van der Waals surface area (Å²) in [7, 11) is 0. The zero-order valence-corrected chi connectivity index (χ0v) is 22.3. The summed E-state index contributed by atoms with van der Waals surface area (Å²) in [6.45, 7) is 7.25. The molecule has 0 amide bonds. The van der Waals surface area contributed by atoms with E-state index in [-0.39, 0.29) is 5.56 Å². The maximum Gasteiger partial charge on any atom is 0.281 e. The van der Waals surface area contributed by atoms with Gasteiger partial charge in [0, 0.05) is 42.2 Å². The van der Waals surface area contributed by atoms with Crippen LogP contribution in [0, 0.1) is 6.92 Å². The molecule has 0 unspecified atom stereocenters. The van der Waals surface area contributed by atoms with Crippen LogP contribution in [0.5, 0.6) is 0 Å². The van der Waals surface area contributed by atoms with Crippen LogP contribution in [-0.2, 0) is 12.8 Å². The van der Waals surface area contributed by atoms with E-state index in [9.17, 15) is 4.79 Å². The number of nitrogen functional groups attached to an aromatic ring is 1. The number of para-hydroxylation sites is 1. The molecule has 36 heavy (non-hydrogen) atoms. The maximum absolute atomic E-state index is 13.0. The van der Waals surface area contributed by atoms with Gasteiger partial charge in [-0.15, -0.1) is 11.3 Å². The highest BCUT2D eigenvalue weighted by Crippen LogP contribution is 2.34. The van der Waals surface area contributed by atoms with Gasteiger partial charge in [0.1, 0.15) is 10.6 Å². The number of fused-ring (bicyclic) bond motifs is 4. The molecule has 6 rings (SSSR count). The lowest BCUT2D eigenvalue weighted by atomic mass is 9.97. The van der Waals surface area contributed by atoms with Gasteiger partial charge in [-0.3, -0.25) is 9.69 Å². The second kappa shape index (κ2) is 10.0. The van der Waals surface area contributed by atoms with Gasteiger partial charge < -0.3 is 10.7 Å². The molecule has 1 aromatic carbocycles. The van der Waals surface area contributed by atoms with Gasteiger partial charge in [0.05, 0.1) is 10.9 Å². The molecule has 4 aromatic rings. The van der Waals surface area contributed by atoms with Gasteiger partial charge >= 0.3 is 0 Å². The Morgan fingerprint density at radius 1 is 1.08 bits per heavy atom. The number of anilines is 1. The van der Waals surface area contributed by atoms with E-state index in [4.69, 9.17) is 15.8 Å². The van der Waals surface area contributed by atoms with Crippen molar-refractivity contribution < 1.29 is 0 Å². The van der Waals surface area contributed by atoms with Crippen LogP contribution in [0.25, 0.3) is 21.1 Å². The minimum atomic E-state index is -0.0874. The Bertz CT molecular complexity index is 1470. The van der Waals surface area contributed by atoms with Crippen molar-refractivity contribution in [1.29, 1.82) is 0 Å². The molecule has 9 heteroatoms. The predicted molar refractivity (Wildman–Crippen MR) is 151 cm³/mol. The average molecular weight is 521 g/mol. The summed E-state index contributed by atoms with van der Waals surface area (Å²) < 4.78 is 1.27. The minimum absolute atomic E-state index is 0.0874. The van der Waals surface area contributed by atoms with Crippen LogP contribution in [0.15, 0.2) is 40.3 Å². The monoisotopic (exact) mass is 520 g/mol. The summed E-state index contributed by atoms with van der Waals surface area (Å²) in [5, 5.41) is 2.62. The minimum Gasteiger partial charge on any atom is -0.354 e. The van der Waals surface area contributed by atoms with Crippen molar-refractivity contribution in [3.63, 3.8) is 0 Å². The predicted octanol–water partition coefficient (Wildman–Crippen LogP) is 4.21. The number of piperazine rings is 1. The molecule has 7 nitrogen and oxygen atoms in total. The molecule has 2 N–H and O–H groups in total. The van der Waals surface area contributed by atoms with Gasteiger partial charge in [0.2, 0.25) is 0 Å². The zero-order valence-electron chi connectivity index (χ0n) is 20.7. The SMILES string of the molecule is Cc1cc(N2CCN(CCCSc3nc4sc5c(c4c(=O)n3N)CCCC5)CC2)nc2ccccc12. The number of thioether (sulfide) groups is 1. The number of aryl methyl sites for hydroxylation is 3. The highest BCUT2D eigenvalue weighted by Gasteiger charge is 2.22. The smallest absolute Gasteiger partial charge is 0.281 e. The third kappa shape index (κ3) is 4.48. The second-order valence-electron chi connectivity index (χ2n) is 9.81. The molecule has 0 radical (unpaired) electrons. The Morgan fingerprint density at radius 3 is 2.75 bits per heavy atom. The average Bonchev–Trinajstić information content (AvgIpc) is 3.28. The van der Waals surface area contributed by atoms with Crippen molar-refractivity contribution in [2.45, 2.75) is 44.2 Å². The van der Waals surface area contributed by atoms with Gasteiger partial charge in [-0.05, 0) is 68.8 Å². The number of nitrogens with zero attached hydrogens (tertiary/aromatic N) is 5. The number of benzene rings is 1. The molecule has 188 valence electrons. The fraction of sp³-hybridized carbons (Fsp3) is 0.444. The van der Waals surface area contributed by atoms with Crippen LogP contribution < -0.4 is 16.3 Å². The van der Waals surface area contributed by atoms with Crippen molar-refractivity contribution in [3.05, 3.63) is 56.7 Å². The van der Waals surface area contributed by atoms with Gasteiger partial charge in [0.25, 0.3) is 5.56 Å². The lowest BCUT2D eigenvalue weighted by Crippen LogP contribution is -2.47. The maximum atomic E-state index is 13.0. The number of pyridine rings is 1. The molecule has 0 saturated carbocycles. The molecular formula is C27H32N6OS2. The largest absolute Gasteiger partial charge is 0.354 e. The van der Waals surface area contributed by atoms with Crippen molar-refractivity contribution in [3.8, 4) is 0 Å². The van der Waals surface area contributed by atoms with Gasteiger partial charge in [-0.1, -0.05) is 30.0 Å². The molecule has 0 bridgehead atoms. The normalized spacial score (nSPS) is 16.6. The molecular weight excluding hydrogens is 488 g/mol. The Labute approximate surface area is 219 Å². The van der Waals surface area contributed by atoms with E-state index in [1.54, 1.807) is 23.1 Å². The number of rotatable bonds is 6. The molecule has 0 atom stereocenters. The summed E-state index contributed by atoms with van der Waals surface area (Å²) in [6, 6.07) is 10.6. The first-order chi connectivity index (χ1) is 17.6. The van der Waals surface area contributed by atoms with E-state index in [2.05, 4.69) is 47.1 Å². The molecule has 0 spiro atoms. The Kier molecular flexibility index (Phi) is 6.62. The van der Waals surface area contributed by atoms with Crippen LogP contribution in [0.3, 0.4) is 0 Å². The van der Waals surface area contributed by atoms with E-state index in [0.717, 1.165) is 85.7 Å².